The van der Waals surface area contributed by atoms with Gasteiger partial charge in [-0.15, -0.1) is 0 Å². The molecule has 0 saturated carbocycles. The molecule has 0 aliphatic carbocycles. The first kappa shape index (κ1) is 34.5. The zero-order valence-electron chi connectivity index (χ0n) is 26.8. The third-order valence-electron chi connectivity index (χ3n) is 8.80. The molecule has 11 heteroatoms. The highest BCUT2D eigenvalue weighted by Gasteiger charge is 2.54. The van der Waals surface area contributed by atoms with Gasteiger partial charge in [0.15, 0.2) is 0 Å². The Labute approximate surface area is 294 Å². The minimum Gasteiger partial charge on any atom is -0.478 e. The number of benzene rings is 6. The zero-order chi connectivity index (χ0) is 36.2. The maximum Gasteiger partial charge on any atom is 0.336 e. The van der Waals surface area contributed by atoms with Gasteiger partial charge in [0, 0.05) is 0 Å². The molecule has 6 aromatic carbocycles. The largest absolute Gasteiger partial charge is 0.478 e. The minimum absolute atomic E-state index is 0.164. The number of carboxylic acids is 4. The van der Waals surface area contributed by atoms with E-state index >= 15 is 0 Å². The summed E-state index contributed by atoms with van der Waals surface area (Å²) in [6.45, 7) is 0. The Bertz CT molecular complexity index is 2170. The molecule has 252 valence electrons. The summed E-state index contributed by atoms with van der Waals surface area (Å²) in [5.74, 6) is -5.75. The summed E-state index contributed by atoms with van der Waals surface area (Å²) < 4.78 is 7.98. The van der Waals surface area contributed by atoms with Gasteiger partial charge in [-0.2, -0.15) is 0 Å². The zero-order valence-corrected chi connectivity index (χ0v) is 28.8. The normalized spacial score (nSPS) is 11.5. The summed E-state index contributed by atoms with van der Waals surface area (Å²) >= 11 is 0. The number of carbonyl (C=O) groups is 4. The van der Waals surface area contributed by atoms with Crippen molar-refractivity contribution in [2.45, 2.75) is 0 Å². The van der Waals surface area contributed by atoms with Gasteiger partial charge in [0.1, 0.15) is 0 Å². The third-order valence-corrected chi connectivity index (χ3v) is 18.1. The van der Waals surface area contributed by atoms with Gasteiger partial charge in [0.05, 0.1) is 22.3 Å². The van der Waals surface area contributed by atoms with Crippen LogP contribution in [0.3, 0.4) is 0 Å². The van der Waals surface area contributed by atoms with E-state index in [1.165, 1.54) is 24.3 Å². The van der Waals surface area contributed by atoms with Crippen LogP contribution in [0.4, 0.5) is 0 Å². The lowest BCUT2D eigenvalue weighted by Crippen LogP contribution is -2.81. The molecule has 0 aliphatic heterocycles. The van der Waals surface area contributed by atoms with Crippen LogP contribution in [0.2, 0.25) is 0 Å². The Kier molecular flexibility index (Phi) is 9.60. The highest BCUT2D eigenvalue weighted by atomic mass is 28.4. The molecular formula is C40H30O9Si2. The lowest BCUT2D eigenvalue weighted by Gasteiger charge is -2.44. The number of aromatic carboxylic acids is 4. The van der Waals surface area contributed by atoms with E-state index in [4.69, 9.17) is 4.12 Å². The van der Waals surface area contributed by atoms with E-state index in [1.54, 1.807) is 36.4 Å². The summed E-state index contributed by atoms with van der Waals surface area (Å²) in [5.41, 5.74) is -1.70. The van der Waals surface area contributed by atoms with Crippen molar-refractivity contribution in [1.29, 1.82) is 0 Å². The van der Waals surface area contributed by atoms with Crippen LogP contribution < -0.4 is 31.1 Å². The highest BCUT2D eigenvalue weighted by molar-refractivity contribution is 7.18. The number of hydrogen-bond acceptors (Lipinski definition) is 5. The molecule has 9 nitrogen and oxygen atoms in total. The van der Waals surface area contributed by atoms with Crippen LogP contribution in [0.25, 0.3) is 0 Å². The van der Waals surface area contributed by atoms with Crippen LogP contribution in [0.1, 0.15) is 41.4 Å². The summed E-state index contributed by atoms with van der Waals surface area (Å²) in [6.07, 6.45) is 0. The molecule has 51 heavy (non-hydrogen) atoms. The molecule has 0 saturated heterocycles. The second-order valence-corrected chi connectivity index (χ2v) is 18.6. The van der Waals surface area contributed by atoms with E-state index < -0.39 is 62.8 Å². The molecule has 0 fully saturated rings. The number of hydrogen-bond donors (Lipinski definition) is 4. The lowest BCUT2D eigenvalue weighted by molar-refractivity contribution is 0.0651. The summed E-state index contributed by atoms with van der Waals surface area (Å²) in [4.78, 5) is 50.7. The van der Waals surface area contributed by atoms with Crippen LogP contribution in [-0.2, 0) is 4.12 Å². The van der Waals surface area contributed by atoms with Crippen LogP contribution in [0.15, 0.2) is 158 Å². The summed E-state index contributed by atoms with van der Waals surface area (Å²) in [7, 11) is -8.30. The van der Waals surface area contributed by atoms with Gasteiger partial charge in [-0.1, -0.05) is 140 Å². The summed E-state index contributed by atoms with van der Waals surface area (Å²) in [6, 6.07) is 44.9. The standard InChI is InChI=1S/C40H30O9Si2/c41-37(42)32-25-24-31(26-34(32)39(45)46)50(27-14-5-1-6-15-27,28-16-7-2-8-17-28)49-51(29-18-9-3-10-19-29,30-20-11-4-12-21-30)35-23-13-22-33(38(43)44)36(35)40(47)48/h1-26H,(H,41,42)(H,43,44)(H,45,46)(H,47,48). The molecule has 0 aromatic heterocycles. The molecule has 0 amide bonds. The van der Waals surface area contributed by atoms with E-state index in [9.17, 15) is 39.6 Å². The van der Waals surface area contributed by atoms with Crippen LogP contribution >= 0.6 is 0 Å². The van der Waals surface area contributed by atoms with Gasteiger partial charge in [-0.05, 0) is 49.3 Å². The number of carboxylic acid groups (broad SMARTS) is 4. The maximum absolute atomic E-state index is 13.2. The van der Waals surface area contributed by atoms with Crippen LogP contribution in [0.5, 0.6) is 0 Å². The Balaban J connectivity index is 1.87. The van der Waals surface area contributed by atoms with Crippen molar-refractivity contribution in [2.24, 2.45) is 0 Å². The van der Waals surface area contributed by atoms with Gasteiger partial charge >= 0.3 is 23.9 Å². The minimum atomic E-state index is -4.22. The molecule has 6 rings (SSSR count). The van der Waals surface area contributed by atoms with E-state index in [1.807, 2.05) is 97.1 Å². The molecule has 0 radical (unpaired) electrons. The lowest BCUT2D eigenvalue weighted by atomic mass is 10.1. The molecule has 0 aliphatic rings. The first-order valence-corrected chi connectivity index (χ1v) is 19.6. The topological polar surface area (TPSA) is 158 Å². The van der Waals surface area contributed by atoms with E-state index in [0.717, 1.165) is 0 Å². The van der Waals surface area contributed by atoms with Crippen molar-refractivity contribution in [3.63, 3.8) is 0 Å². The second kappa shape index (κ2) is 14.2. The molecule has 6 aromatic rings. The Hall–Kier alpha value is -6.41. The fourth-order valence-electron chi connectivity index (χ4n) is 6.63. The van der Waals surface area contributed by atoms with Crippen molar-refractivity contribution >= 4 is 71.6 Å². The molecule has 0 atom stereocenters. The average molecular weight is 711 g/mol. The van der Waals surface area contributed by atoms with Gasteiger partial charge in [-0.25, -0.2) is 19.2 Å². The Morgan fingerprint density at radius 1 is 0.373 bits per heavy atom. The van der Waals surface area contributed by atoms with Crippen molar-refractivity contribution in [2.75, 3.05) is 0 Å². The van der Waals surface area contributed by atoms with Crippen LogP contribution in [-0.4, -0.2) is 60.9 Å². The van der Waals surface area contributed by atoms with Gasteiger partial charge in [0.2, 0.25) is 0 Å². The second-order valence-electron chi connectivity index (χ2n) is 11.6. The fraction of sp³-hybridized carbons (Fsp3) is 0. The molecular weight excluding hydrogens is 681 g/mol. The fourth-order valence-corrected chi connectivity index (χ4v) is 17.5. The van der Waals surface area contributed by atoms with E-state index in [2.05, 4.69) is 0 Å². The SMILES string of the molecule is O=C(O)c1ccc([Si](O[Si](c2ccccc2)(c2ccccc2)c2cccc(C(=O)O)c2C(=O)O)(c2ccccc2)c2ccccc2)cc1C(=O)O. The first-order valence-electron chi connectivity index (χ1n) is 15.7. The van der Waals surface area contributed by atoms with E-state index in [0.29, 0.717) is 25.9 Å². The molecule has 0 heterocycles. The quantitative estimate of drug-likeness (QED) is 0.111. The summed E-state index contributed by atoms with van der Waals surface area (Å²) in [5, 5.41) is 44.4. The molecule has 4 N–H and O–H groups in total. The predicted molar refractivity (Wildman–Crippen MR) is 197 cm³/mol. The monoisotopic (exact) mass is 710 g/mol. The molecule has 0 spiro atoms. The predicted octanol–water partition coefficient (Wildman–Crippen LogP) is 3.13. The van der Waals surface area contributed by atoms with Crippen molar-refractivity contribution in [3.05, 3.63) is 180 Å². The average Bonchev–Trinajstić information content (AvgIpc) is 3.16. The number of rotatable bonds is 12. The smallest absolute Gasteiger partial charge is 0.336 e. The van der Waals surface area contributed by atoms with Crippen molar-refractivity contribution in [3.8, 4) is 0 Å². The Morgan fingerprint density at radius 2 is 0.784 bits per heavy atom. The van der Waals surface area contributed by atoms with Gasteiger partial charge in [-0.3, -0.25) is 0 Å². The van der Waals surface area contributed by atoms with Crippen LogP contribution in [0, 0.1) is 0 Å². The van der Waals surface area contributed by atoms with Crippen molar-refractivity contribution in [1.82, 2.24) is 0 Å². The van der Waals surface area contributed by atoms with Gasteiger partial charge < -0.3 is 24.5 Å². The highest BCUT2D eigenvalue weighted by Crippen LogP contribution is 2.23. The first-order chi connectivity index (χ1) is 24.6. The van der Waals surface area contributed by atoms with Gasteiger partial charge in [0.25, 0.3) is 16.6 Å². The third kappa shape index (κ3) is 6.17. The maximum atomic E-state index is 13.2. The molecule has 0 unspecified atom stereocenters. The van der Waals surface area contributed by atoms with E-state index in [-0.39, 0.29) is 5.19 Å². The van der Waals surface area contributed by atoms with Crippen molar-refractivity contribution < 1.29 is 43.7 Å². The molecule has 0 bridgehead atoms. The Morgan fingerprint density at radius 3 is 1.18 bits per heavy atom.